The molecule has 156 valence electrons. The number of aromatic nitrogens is 3. The van der Waals surface area contributed by atoms with Crippen LogP contribution in [0.1, 0.15) is 44.1 Å². The van der Waals surface area contributed by atoms with Gasteiger partial charge in [-0.2, -0.15) is 5.10 Å². The molecule has 0 fully saturated rings. The zero-order chi connectivity index (χ0) is 21.0. The zero-order valence-electron chi connectivity index (χ0n) is 17.3. The van der Waals surface area contributed by atoms with Gasteiger partial charge in [-0.1, -0.05) is 19.9 Å². The highest BCUT2D eigenvalue weighted by Crippen LogP contribution is 2.28. The molecule has 0 bridgehead atoms. The number of aliphatic hydroxyl groups is 1. The molecule has 1 amide bonds. The highest BCUT2D eigenvalue weighted by Gasteiger charge is 2.19. The summed E-state index contributed by atoms with van der Waals surface area (Å²) in [6.45, 7) is 9.03. The van der Waals surface area contributed by atoms with Crippen LogP contribution >= 0.6 is 11.3 Å². The number of amides is 1. The van der Waals surface area contributed by atoms with E-state index in [4.69, 9.17) is 9.72 Å². The van der Waals surface area contributed by atoms with Gasteiger partial charge in [-0.05, 0) is 37.3 Å². The Hall–Kier alpha value is -2.29. The molecule has 1 atom stereocenters. The summed E-state index contributed by atoms with van der Waals surface area (Å²) >= 11 is 1.57. The normalized spacial score (nSPS) is 12.8. The first kappa shape index (κ1) is 21.4. The summed E-state index contributed by atoms with van der Waals surface area (Å²) in [4.78, 5) is 18.7. The standard InChI is InChI=1S/C21H28N4O3S/c1-13(2)11-28-12-15(26)9-22-21(27)16-8-18(19-6-5-7-29-19)24-20-17(16)10-23-25(20)14(3)4/h5-8,10,13-15,26H,9,11-12H2,1-4H3,(H,22,27). The summed E-state index contributed by atoms with van der Waals surface area (Å²) in [7, 11) is 0. The lowest BCUT2D eigenvalue weighted by Gasteiger charge is -2.14. The zero-order valence-corrected chi connectivity index (χ0v) is 18.1. The summed E-state index contributed by atoms with van der Waals surface area (Å²) in [6, 6.07) is 5.84. The lowest BCUT2D eigenvalue weighted by atomic mass is 10.1. The first-order valence-electron chi connectivity index (χ1n) is 9.83. The number of carbonyl (C=O) groups is 1. The first-order valence-corrected chi connectivity index (χ1v) is 10.7. The van der Waals surface area contributed by atoms with Crippen molar-refractivity contribution in [2.75, 3.05) is 19.8 Å². The lowest BCUT2D eigenvalue weighted by molar-refractivity contribution is 0.0259. The Balaban J connectivity index is 1.83. The van der Waals surface area contributed by atoms with Gasteiger partial charge in [0.1, 0.15) is 0 Å². The minimum absolute atomic E-state index is 0.118. The summed E-state index contributed by atoms with van der Waals surface area (Å²) in [5.41, 5.74) is 1.92. The molecule has 2 N–H and O–H groups in total. The van der Waals surface area contributed by atoms with E-state index < -0.39 is 6.10 Å². The largest absolute Gasteiger partial charge is 0.389 e. The van der Waals surface area contributed by atoms with Crippen molar-refractivity contribution >= 4 is 28.3 Å². The Morgan fingerprint density at radius 3 is 2.76 bits per heavy atom. The van der Waals surface area contributed by atoms with E-state index in [0.29, 0.717) is 29.1 Å². The second-order valence-electron chi connectivity index (χ2n) is 7.75. The molecule has 3 rings (SSSR count). The highest BCUT2D eigenvalue weighted by atomic mass is 32.1. The quantitative estimate of drug-likeness (QED) is 0.557. The number of hydrogen-bond donors (Lipinski definition) is 2. The van der Waals surface area contributed by atoms with E-state index in [1.807, 2.05) is 49.9 Å². The average molecular weight is 417 g/mol. The predicted molar refractivity (Wildman–Crippen MR) is 115 cm³/mol. The predicted octanol–water partition coefficient (Wildman–Crippen LogP) is 3.50. The van der Waals surface area contributed by atoms with Crippen LogP contribution in [0.5, 0.6) is 0 Å². The molecule has 0 aliphatic rings. The van der Waals surface area contributed by atoms with Gasteiger partial charge < -0.3 is 15.2 Å². The van der Waals surface area contributed by atoms with E-state index in [0.717, 1.165) is 10.6 Å². The number of carbonyl (C=O) groups excluding carboxylic acids is 1. The Morgan fingerprint density at radius 1 is 1.31 bits per heavy atom. The number of ether oxygens (including phenoxy) is 1. The van der Waals surface area contributed by atoms with Gasteiger partial charge in [0.15, 0.2) is 5.65 Å². The molecular weight excluding hydrogens is 388 g/mol. The fourth-order valence-electron chi connectivity index (χ4n) is 2.94. The highest BCUT2D eigenvalue weighted by molar-refractivity contribution is 7.13. The Kier molecular flexibility index (Phi) is 7.00. The van der Waals surface area contributed by atoms with Crippen LogP contribution in [-0.2, 0) is 4.74 Å². The SMILES string of the molecule is CC(C)COCC(O)CNC(=O)c1cc(-c2cccs2)nc2c1cnn2C(C)C. The molecule has 3 aromatic heterocycles. The molecule has 3 heterocycles. The van der Waals surface area contributed by atoms with Crippen LogP contribution in [0, 0.1) is 5.92 Å². The number of hydrogen-bond acceptors (Lipinski definition) is 6. The van der Waals surface area contributed by atoms with Crippen molar-refractivity contribution in [1.82, 2.24) is 20.1 Å². The van der Waals surface area contributed by atoms with Crippen molar-refractivity contribution in [1.29, 1.82) is 0 Å². The molecule has 0 aromatic carbocycles. The van der Waals surface area contributed by atoms with Gasteiger partial charge in [0.25, 0.3) is 5.91 Å². The molecule has 3 aromatic rings. The minimum atomic E-state index is -0.759. The Morgan fingerprint density at radius 2 is 2.10 bits per heavy atom. The molecule has 0 saturated carbocycles. The topological polar surface area (TPSA) is 89.3 Å². The minimum Gasteiger partial charge on any atom is -0.389 e. The molecule has 0 radical (unpaired) electrons. The van der Waals surface area contributed by atoms with Crippen LogP contribution in [-0.4, -0.2) is 51.6 Å². The number of thiophene rings is 1. The van der Waals surface area contributed by atoms with E-state index >= 15 is 0 Å². The van der Waals surface area contributed by atoms with Crippen molar-refractivity contribution in [2.24, 2.45) is 5.92 Å². The van der Waals surface area contributed by atoms with Crippen molar-refractivity contribution in [2.45, 2.75) is 39.8 Å². The third-order valence-corrected chi connectivity index (χ3v) is 5.23. The summed E-state index contributed by atoms with van der Waals surface area (Å²) in [5.74, 6) is 0.136. The van der Waals surface area contributed by atoms with Crippen molar-refractivity contribution in [3.63, 3.8) is 0 Å². The monoisotopic (exact) mass is 416 g/mol. The van der Waals surface area contributed by atoms with Gasteiger partial charge in [0.2, 0.25) is 0 Å². The molecular formula is C21H28N4O3S. The van der Waals surface area contributed by atoms with Gasteiger partial charge >= 0.3 is 0 Å². The molecule has 0 spiro atoms. The van der Waals surface area contributed by atoms with Gasteiger partial charge in [0.05, 0.1) is 40.4 Å². The van der Waals surface area contributed by atoms with Crippen LogP contribution < -0.4 is 5.32 Å². The first-order chi connectivity index (χ1) is 13.9. The van der Waals surface area contributed by atoms with E-state index in [9.17, 15) is 9.90 Å². The molecule has 7 nitrogen and oxygen atoms in total. The fourth-order valence-corrected chi connectivity index (χ4v) is 3.62. The number of rotatable bonds is 9. The molecule has 0 aliphatic heterocycles. The maximum Gasteiger partial charge on any atom is 0.252 e. The summed E-state index contributed by atoms with van der Waals surface area (Å²) in [5, 5.41) is 20.0. The van der Waals surface area contributed by atoms with E-state index in [1.165, 1.54) is 0 Å². The van der Waals surface area contributed by atoms with Crippen molar-refractivity contribution < 1.29 is 14.6 Å². The van der Waals surface area contributed by atoms with E-state index in [2.05, 4.69) is 10.4 Å². The number of aliphatic hydroxyl groups excluding tert-OH is 1. The summed E-state index contributed by atoms with van der Waals surface area (Å²) < 4.78 is 7.26. The number of fused-ring (bicyclic) bond motifs is 1. The van der Waals surface area contributed by atoms with Crippen molar-refractivity contribution in [3.8, 4) is 10.6 Å². The van der Waals surface area contributed by atoms with Crippen molar-refractivity contribution in [3.05, 3.63) is 35.3 Å². The fraction of sp³-hybridized carbons (Fsp3) is 0.476. The number of nitrogens with zero attached hydrogens (tertiary/aromatic N) is 3. The lowest BCUT2D eigenvalue weighted by Crippen LogP contribution is -2.35. The molecule has 1 unspecified atom stereocenters. The van der Waals surface area contributed by atoms with Gasteiger partial charge in [-0.15, -0.1) is 11.3 Å². The Bertz CT molecular complexity index is 950. The number of pyridine rings is 1. The van der Waals surface area contributed by atoms with Crippen LogP contribution in [0.2, 0.25) is 0 Å². The van der Waals surface area contributed by atoms with Gasteiger partial charge in [0, 0.05) is 19.2 Å². The molecule has 8 heteroatoms. The second-order valence-corrected chi connectivity index (χ2v) is 8.70. The third-order valence-electron chi connectivity index (χ3n) is 4.33. The Labute approximate surface area is 174 Å². The maximum absolute atomic E-state index is 12.9. The molecule has 29 heavy (non-hydrogen) atoms. The van der Waals surface area contributed by atoms with Gasteiger partial charge in [-0.25, -0.2) is 9.67 Å². The number of nitrogens with one attached hydrogen (secondary N) is 1. The molecule has 0 saturated heterocycles. The smallest absolute Gasteiger partial charge is 0.252 e. The maximum atomic E-state index is 12.9. The van der Waals surface area contributed by atoms with E-state index in [-0.39, 0.29) is 25.1 Å². The van der Waals surface area contributed by atoms with Crippen LogP contribution in [0.4, 0.5) is 0 Å². The molecule has 0 aliphatic carbocycles. The van der Waals surface area contributed by atoms with Crippen LogP contribution in [0.15, 0.2) is 29.8 Å². The van der Waals surface area contributed by atoms with Crippen LogP contribution in [0.3, 0.4) is 0 Å². The van der Waals surface area contributed by atoms with Crippen LogP contribution in [0.25, 0.3) is 21.6 Å². The second kappa shape index (κ2) is 9.47. The van der Waals surface area contributed by atoms with E-state index in [1.54, 1.807) is 23.6 Å². The summed E-state index contributed by atoms with van der Waals surface area (Å²) in [6.07, 6.45) is 0.919. The average Bonchev–Trinajstić information content (AvgIpc) is 3.34. The van der Waals surface area contributed by atoms with Gasteiger partial charge in [-0.3, -0.25) is 4.79 Å². The third kappa shape index (κ3) is 5.20.